The molecule has 0 saturated carbocycles. The molecule has 0 bridgehead atoms. The number of nitrogens with zero attached hydrogens (tertiary/aromatic N) is 1. The first-order valence-corrected chi connectivity index (χ1v) is 7.82. The van der Waals surface area contributed by atoms with E-state index < -0.39 is 10.0 Å². The van der Waals surface area contributed by atoms with E-state index in [2.05, 4.69) is 0 Å². The molecule has 1 aromatic carbocycles. The van der Waals surface area contributed by atoms with Gasteiger partial charge in [0.05, 0.1) is 19.0 Å². The van der Waals surface area contributed by atoms with Crippen molar-refractivity contribution < 1.29 is 13.2 Å². The van der Waals surface area contributed by atoms with Crippen LogP contribution in [0.4, 0.5) is 0 Å². The second-order valence-corrected chi connectivity index (χ2v) is 6.32. The lowest BCUT2D eigenvalue weighted by molar-refractivity contribution is 0.140. The Morgan fingerprint density at radius 2 is 1.89 bits per heavy atom. The number of ether oxygens (including phenoxy) is 1. The Hall–Kier alpha value is -0.620. The molecule has 0 heterocycles. The molecule has 0 aliphatic carbocycles. The fourth-order valence-electron chi connectivity index (χ4n) is 1.38. The van der Waals surface area contributed by atoms with E-state index in [1.165, 1.54) is 4.31 Å². The van der Waals surface area contributed by atoms with Gasteiger partial charge in [-0.2, -0.15) is 0 Å². The van der Waals surface area contributed by atoms with Gasteiger partial charge in [-0.05, 0) is 5.56 Å². The maximum atomic E-state index is 12.0. The summed E-state index contributed by atoms with van der Waals surface area (Å²) in [7, 11) is -1.72. The molecule has 0 unspecified atom stereocenters. The van der Waals surface area contributed by atoms with Gasteiger partial charge in [0.15, 0.2) is 0 Å². The van der Waals surface area contributed by atoms with Crippen LogP contribution in [0.25, 0.3) is 0 Å². The monoisotopic (exact) mass is 291 g/mol. The van der Waals surface area contributed by atoms with Crippen molar-refractivity contribution in [3.8, 4) is 0 Å². The quantitative estimate of drug-likeness (QED) is 0.541. The molecule has 102 valence electrons. The topological polar surface area (TPSA) is 46.6 Å². The number of halogens is 1. The van der Waals surface area contributed by atoms with E-state index in [1.54, 1.807) is 19.2 Å². The lowest BCUT2D eigenvalue weighted by atomic mass is 10.2. The van der Waals surface area contributed by atoms with E-state index in [0.717, 1.165) is 5.56 Å². The molecule has 0 fully saturated rings. The van der Waals surface area contributed by atoms with Crippen LogP contribution in [0.1, 0.15) is 5.56 Å². The minimum absolute atomic E-state index is 0.0137. The summed E-state index contributed by atoms with van der Waals surface area (Å²) < 4.78 is 30.5. The Bertz CT molecular complexity index is 436. The van der Waals surface area contributed by atoms with E-state index in [9.17, 15) is 8.42 Å². The van der Waals surface area contributed by atoms with Crippen LogP contribution in [0.5, 0.6) is 0 Å². The summed E-state index contributed by atoms with van der Waals surface area (Å²) in [5, 5.41) is 0. The highest BCUT2D eigenvalue weighted by molar-refractivity contribution is 7.88. The van der Waals surface area contributed by atoms with Crippen LogP contribution < -0.4 is 0 Å². The van der Waals surface area contributed by atoms with Crippen LogP contribution in [-0.2, 0) is 20.5 Å². The van der Waals surface area contributed by atoms with Crippen molar-refractivity contribution in [2.45, 2.75) is 5.75 Å². The molecule has 0 atom stereocenters. The highest BCUT2D eigenvalue weighted by Gasteiger charge is 2.17. The third-order valence-corrected chi connectivity index (χ3v) is 4.42. The average Bonchev–Trinajstić information content (AvgIpc) is 2.35. The van der Waals surface area contributed by atoms with Crippen LogP contribution in [0.2, 0.25) is 0 Å². The number of rotatable bonds is 8. The minimum Gasteiger partial charge on any atom is -0.379 e. The van der Waals surface area contributed by atoms with Crippen molar-refractivity contribution in [3.05, 3.63) is 35.9 Å². The van der Waals surface area contributed by atoms with E-state index in [0.29, 0.717) is 25.6 Å². The number of sulfonamides is 1. The summed E-state index contributed by atoms with van der Waals surface area (Å²) >= 11 is 5.46. The number of alkyl halides is 1. The summed E-state index contributed by atoms with van der Waals surface area (Å²) in [6.45, 7) is 1.14. The molecule has 1 rings (SSSR count). The predicted molar refractivity (Wildman–Crippen MR) is 73.2 cm³/mol. The Labute approximate surface area is 114 Å². The number of hydrogen-bond donors (Lipinski definition) is 0. The van der Waals surface area contributed by atoms with Gasteiger partial charge in [-0.25, -0.2) is 12.7 Å². The third kappa shape index (κ3) is 5.35. The fourth-order valence-corrected chi connectivity index (χ4v) is 2.68. The fraction of sp³-hybridized carbons (Fsp3) is 0.500. The SMILES string of the molecule is CN(CCOCCCl)S(=O)(=O)Cc1ccccc1. The first-order valence-electron chi connectivity index (χ1n) is 5.68. The summed E-state index contributed by atoms with van der Waals surface area (Å²) in [5.74, 6) is 0.431. The molecule has 18 heavy (non-hydrogen) atoms. The lowest BCUT2D eigenvalue weighted by Crippen LogP contribution is -2.31. The van der Waals surface area contributed by atoms with Crippen molar-refractivity contribution >= 4 is 21.6 Å². The van der Waals surface area contributed by atoms with Gasteiger partial charge in [0, 0.05) is 19.5 Å². The van der Waals surface area contributed by atoms with Gasteiger partial charge < -0.3 is 4.74 Å². The summed E-state index contributed by atoms with van der Waals surface area (Å²) in [6, 6.07) is 9.12. The smallest absolute Gasteiger partial charge is 0.218 e. The molecular weight excluding hydrogens is 274 g/mol. The third-order valence-electron chi connectivity index (χ3n) is 2.44. The van der Waals surface area contributed by atoms with Crippen LogP contribution in [-0.4, -0.2) is 45.4 Å². The van der Waals surface area contributed by atoms with Gasteiger partial charge in [-0.15, -0.1) is 11.6 Å². The Morgan fingerprint density at radius 3 is 2.50 bits per heavy atom. The Balaban J connectivity index is 2.47. The first kappa shape index (κ1) is 15.4. The Kier molecular flexibility index (Phi) is 6.63. The highest BCUT2D eigenvalue weighted by Crippen LogP contribution is 2.08. The second-order valence-electron chi connectivity index (χ2n) is 3.86. The lowest BCUT2D eigenvalue weighted by Gasteiger charge is -2.17. The van der Waals surface area contributed by atoms with Crippen LogP contribution >= 0.6 is 11.6 Å². The molecule has 0 aromatic heterocycles. The van der Waals surface area contributed by atoms with E-state index in [4.69, 9.17) is 16.3 Å². The highest BCUT2D eigenvalue weighted by atomic mass is 35.5. The van der Waals surface area contributed by atoms with Gasteiger partial charge in [0.1, 0.15) is 0 Å². The van der Waals surface area contributed by atoms with E-state index in [-0.39, 0.29) is 5.75 Å². The van der Waals surface area contributed by atoms with Crippen molar-refractivity contribution in [1.29, 1.82) is 0 Å². The standard InChI is InChI=1S/C12H18ClNO3S/c1-14(8-10-17-9-7-13)18(15,16)11-12-5-3-2-4-6-12/h2-6H,7-11H2,1H3. The molecule has 4 nitrogen and oxygen atoms in total. The molecule has 0 spiro atoms. The summed E-state index contributed by atoms with van der Waals surface area (Å²) in [5.41, 5.74) is 0.783. The van der Waals surface area contributed by atoms with Gasteiger partial charge in [0.2, 0.25) is 10.0 Å². The first-order chi connectivity index (χ1) is 8.56. The van der Waals surface area contributed by atoms with Gasteiger partial charge >= 0.3 is 0 Å². The van der Waals surface area contributed by atoms with Crippen LogP contribution in [0, 0.1) is 0 Å². The van der Waals surface area contributed by atoms with Crippen molar-refractivity contribution in [1.82, 2.24) is 4.31 Å². The van der Waals surface area contributed by atoms with Crippen LogP contribution in [0.15, 0.2) is 30.3 Å². The van der Waals surface area contributed by atoms with Crippen molar-refractivity contribution in [2.24, 2.45) is 0 Å². The van der Waals surface area contributed by atoms with Gasteiger partial charge in [-0.1, -0.05) is 30.3 Å². The minimum atomic E-state index is -3.28. The molecular formula is C12H18ClNO3S. The molecule has 0 radical (unpaired) electrons. The largest absolute Gasteiger partial charge is 0.379 e. The second kappa shape index (κ2) is 7.74. The van der Waals surface area contributed by atoms with E-state index >= 15 is 0 Å². The van der Waals surface area contributed by atoms with Gasteiger partial charge in [0.25, 0.3) is 0 Å². The zero-order chi connectivity index (χ0) is 13.4. The maximum Gasteiger partial charge on any atom is 0.218 e. The van der Waals surface area contributed by atoms with Gasteiger partial charge in [-0.3, -0.25) is 0 Å². The molecule has 0 amide bonds. The molecule has 0 aliphatic heterocycles. The summed E-state index contributed by atoms with van der Waals surface area (Å²) in [4.78, 5) is 0. The van der Waals surface area contributed by atoms with Crippen molar-refractivity contribution in [3.63, 3.8) is 0 Å². The summed E-state index contributed by atoms with van der Waals surface area (Å²) in [6.07, 6.45) is 0. The molecule has 0 aliphatic rings. The number of hydrogen-bond acceptors (Lipinski definition) is 3. The predicted octanol–water partition coefficient (Wildman–Crippen LogP) is 1.70. The maximum absolute atomic E-state index is 12.0. The Morgan fingerprint density at radius 1 is 1.22 bits per heavy atom. The zero-order valence-corrected chi connectivity index (χ0v) is 12.0. The number of benzene rings is 1. The zero-order valence-electron chi connectivity index (χ0n) is 10.4. The number of likely N-dealkylation sites (N-methyl/N-ethyl adjacent to an activating group) is 1. The molecule has 6 heteroatoms. The van der Waals surface area contributed by atoms with E-state index in [1.807, 2.05) is 18.2 Å². The van der Waals surface area contributed by atoms with Crippen LogP contribution in [0.3, 0.4) is 0 Å². The molecule has 1 aromatic rings. The normalized spacial score (nSPS) is 11.9. The molecule has 0 saturated heterocycles. The molecule has 0 N–H and O–H groups in total. The average molecular weight is 292 g/mol. The van der Waals surface area contributed by atoms with Crippen molar-refractivity contribution in [2.75, 3.05) is 32.7 Å².